The van der Waals surface area contributed by atoms with Crippen molar-refractivity contribution in [1.82, 2.24) is 15.5 Å². The van der Waals surface area contributed by atoms with Crippen LogP contribution in [0.5, 0.6) is 0 Å². The molecule has 1 aromatic rings. The van der Waals surface area contributed by atoms with Gasteiger partial charge in [-0.25, -0.2) is 4.39 Å². The molecule has 1 unspecified atom stereocenters. The lowest BCUT2D eigenvalue weighted by Gasteiger charge is -2.34. The summed E-state index contributed by atoms with van der Waals surface area (Å²) in [6, 6.07) is 4.71. The lowest BCUT2D eigenvalue weighted by atomic mass is 9.88. The molecule has 0 bridgehead atoms. The van der Waals surface area contributed by atoms with Crippen molar-refractivity contribution in [3.05, 3.63) is 29.6 Å². The van der Waals surface area contributed by atoms with Gasteiger partial charge in [0.15, 0.2) is 0 Å². The zero-order valence-electron chi connectivity index (χ0n) is 17.6. The predicted octanol–water partition coefficient (Wildman–Crippen LogP) is 2.61. The van der Waals surface area contributed by atoms with Gasteiger partial charge < -0.3 is 15.5 Å². The third-order valence-electron chi connectivity index (χ3n) is 6.92. The fraction of sp³-hybridized carbons (Fsp3) is 0.652. The van der Waals surface area contributed by atoms with E-state index >= 15 is 0 Å². The minimum Gasteiger partial charge on any atom is -0.374 e. The van der Waals surface area contributed by atoms with E-state index in [1.807, 2.05) is 12.1 Å². The average molecular weight is 417 g/mol. The normalized spacial score (nSPS) is 24.6. The van der Waals surface area contributed by atoms with Crippen LogP contribution in [0.2, 0.25) is 0 Å². The number of nitrogens with one attached hydrogen (secondary N) is 3. The van der Waals surface area contributed by atoms with Crippen LogP contribution in [0.3, 0.4) is 0 Å². The van der Waals surface area contributed by atoms with Crippen molar-refractivity contribution in [2.75, 3.05) is 38.0 Å². The summed E-state index contributed by atoms with van der Waals surface area (Å²) in [7, 11) is 0. The number of likely N-dealkylation sites (tertiary alicyclic amines) is 1. The van der Waals surface area contributed by atoms with Gasteiger partial charge in [0.25, 0.3) is 0 Å². The van der Waals surface area contributed by atoms with Gasteiger partial charge in [-0.05, 0) is 101 Å². The Morgan fingerprint density at radius 2 is 1.83 bits per heavy atom. The Kier molecular flexibility index (Phi) is 7.00. The van der Waals surface area contributed by atoms with Gasteiger partial charge in [-0.3, -0.25) is 14.9 Å². The fourth-order valence-corrected chi connectivity index (χ4v) is 4.98. The molecule has 3 saturated heterocycles. The van der Waals surface area contributed by atoms with E-state index in [-0.39, 0.29) is 23.5 Å². The Bertz CT molecular complexity index is 758. The second-order valence-electron chi connectivity index (χ2n) is 8.98. The van der Waals surface area contributed by atoms with E-state index in [0.29, 0.717) is 18.5 Å². The third-order valence-corrected chi connectivity index (χ3v) is 6.92. The zero-order valence-corrected chi connectivity index (χ0v) is 17.6. The Hall–Kier alpha value is -1.99. The maximum atomic E-state index is 14.8. The van der Waals surface area contributed by atoms with E-state index in [9.17, 15) is 14.0 Å². The van der Waals surface area contributed by atoms with Crippen molar-refractivity contribution in [2.45, 2.75) is 56.9 Å². The number of carbonyl (C=O) groups is 2. The number of hydrogen-bond donors (Lipinski definition) is 3. The van der Waals surface area contributed by atoms with Crippen LogP contribution in [0.25, 0.3) is 0 Å². The fourth-order valence-electron chi connectivity index (χ4n) is 4.98. The van der Waals surface area contributed by atoms with Crippen LogP contribution in [-0.2, 0) is 9.59 Å². The maximum absolute atomic E-state index is 14.8. The minimum atomic E-state index is -0.490. The van der Waals surface area contributed by atoms with Gasteiger partial charge in [-0.2, -0.15) is 0 Å². The summed E-state index contributed by atoms with van der Waals surface area (Å²) in [5, 5.41) is 8.81. The minimum absolute atomic E-state index is 0.208. The van der Waals surface area contributed by atoms with Crippen molar-refractivity contribution in [3.8, 4) is 0 Å². The first-order valence-electron chi connectivity index (χ1n) is 11.4. The van der Waals surface area contributed by atoms with Crippen LogP contribution in [0, 0.1) is 11.7 Å². The summed E-state index contributed by atoms with van der Waals surface area (Å²) in [6.07, 6.45) is 6.58. The molecule has 3 aliphatic rings. The number of imide groups is 1. The second-order valence-corrected chi connectivity index (χ2v) is 8.98. The van der Waals surface area contributed by atoms with E-state index in [0.717, 1.165) is 57.0 Å². The molecule has 3 N–H and O–H groups in total. The molecule has 0 spiro atoms. The molecule has 164 valence electrons. The predicted molar refractivity (Wildman–Crippen MR) is 115 cm³/mol. The largest absolute Gasteiger partial charge is 0.374 e. The summed E-state index contributed by atoms with van der Waals surface area (Å²) in [5.41, 5.74) is 1.37. The monoisotopic (exact) mass is 416 g/mol. The number of halogens is 1. The molecule has 0 aromatic heterocycles. The molecule has 3 fully saturated rings. The number of hydrogen-bond acceptors (Lipinski definition) is 5. The Labute approximate surface area is 178 Å². The summed E-state index contributed by atoms with van der Waals surface area (Å²) in [6.45, 7) is 5.53. The number of anilines is 1. The number of benzene rings is 1. The Morgan fingerprint density at radius 3 is 2.53 bits per heavy atom. The summed E-state index contributed by atoms with van der Waals surface area (Å²) in [4.78, 5) is 25.7. The smallest absolute Gasteiger partial charge is 0.249 e. The molecule has 3 aliphatic heterocycles. The van der Waals surface area contributed by atoms with E-state index in [2.05, 4.69) is 20.9 Å². The molecule has 1 aromatic carbocycles. The highest BCUT2D eigenvalue weighted by Gasteiger charge is 2.27. The van der Waals surface area contributed by atoms with Gasteiger partial charge in [-0.15, -0.1) is 0 Å². The average Bonchev–Trinajstić information content (AvgIpc) is 2.76. The van der Waals surface area contributed by atoms with Crippen LogP contribution in [-0.4, -0.2) is 55.5 Å². The quantitative estimate of drug-likeness (QED) is 0.622. The van der Waals surface area contributed by atoms with Gasteiger partial charge in [0.2, 0.25) is 11.8 Å². The van der Waals surface area contributed by atoms with Crippen LogP contribution in [0.4, 0.5) is 10.1 Å². The molecule has 4 rings (SSSR count). The molecule has 3 heterocycles. The summed E-state index contributed by atoms with van der Waals surface area (Å²) < 4.78 is 14.8. The number of amides is 2. The lowest BCUT2D eigenvalue weighted by Crippen LogP contribution is -2.47. The van der Waals surface area contributed by atoms with Crippen molar-refractivity contribution in [1.29, 1.82) is 0 Å². The van der Waals surface area contributed by atoms with E-state index in [1.54, 1.807) is 0 Å². The molecule has 0 aliphatic carbocycles. The number of nitrogens with zero attached hydrogens (tertiary/aromatic N) is 1. The molecular weight excluding hydrogens is 383 g/mol. The highest BCUT2D eigenvalue weighted by molar-refractivity contribution is 6.01. The Morgan fingerprint density at radius 1 is 1.07 bits per heavy atom. The number of carbonyl (C=O) groups excluding carboxylic acids is 2. The molecule has 0 saturated carbocycles. The van der Waals surface area contributed by atoms with Crippen LogP contribution >= 0.6 is 0 Å². The van der Waals surface area contributed by atoms with E-state index in [4.69, 9.17) is 0 Å². The van der Waals surface area contributed by atoms with Gasteiger partial charge in [-0.1, -0.05) is 6.07 Å². The van der Waals surface area contributed by atoms with Crippen molar-refractivity contribution < 1.29 is 14.0 Å². The van der Waals surface area contributed by atoms with E-state index in [1.165, 1.54) is 25.3 Å². The maximum Gasteiger partial charge on any atom is 0.249 e. The molecule has 2 amide bonds. The first-order chi connectivity index (χ1) is 14.6. The topological polar surface area (TPSA) is 73.5 Å². The molecule has 7 heteroatoms. The summed E-state index contributed by atoms with van der Waals surface area (Å²) >= 11 is 0. The molecule has 6 nitrogen and oxygen atoms in total. The lowest BCUT2D eigenvalue weighted by molar-refractivity contribution is -0.133. The first kappa shape index (κ1) is 21.2. The van der Waals surface area contributed by atoms with Crippen molar-refractivity contribution in [2.24, 2.45) is 5.92 Å². The number of rotatable bonds is 6. The van der Waals surface area contributed by atoms with Crippen LogP contribution < -0.4 is 16.0 Å². The second kappa shape index (κ2) is 9.88. The van der Waals surface area contributed by atoms with Gasteiger partial charge in [0.1, 0.15) is 11.9 Å². The summed E-state index contributed by atoms with van der Waals surface area (Å²) in [5.74, 6) is 0.310. The highest BCUT2D eigenvalue weighted by Crippen LogP contribution is 2.32. The first-order valence-corrected chi connectivity index (χ1v) is 11.4. The van der Waals surface area contributed by atoms with E-state index < -0.39 is 6.04 Å². The van der Waals surface area contributed by atoms with Crippen LogP contribution in [0.15, 0.2) is 18.2 Å². The molecule has 30 heavy (non-hydrogen) atoms. The van der Waals surface area contributed by atoms with Gasteiger partial charge in [0.05, 0.1) is 0 Å². The SMILES string of the molecule is O=C1CCC(Nc2ccc(C3CCN(CCC4CCNCC4)CC3)c(F)c2)C(=O)N1. The number of piperidine rings is 3. The van der Waals surface area contributed by atoms with Crippen molar-refractivity contribution >= 4 is 17.5 Å². The zero-order chi connectivity index (χ0) is 20.9. The van der Waals surface area contributed by atoms with Gasteiger partial charge in [0, 0.05) is 12.1 Å². The van der Waals surface area contributed by atoms with Gasteiger partial charge >= 0.3 is 0 Å². The molecule has 0 radical (unpaired) electrons. The van der Waals surface area contributed by atoms with Crippen molar-refractivity contribution in [3.63, 3.8) is 0 Å². The highest BCUT2D eigenvalue weighted by atomic mass is 19.1. The molecule has 1 atom stereocenters. The molecular formula is C23H33FN4O2. The van der Waals surface area contributed by atoms with Crippen LogP contribution in [0.1, 0.15) is 56.4 Å². The Balaban J connectivity index is 1.26. The standard InChI is InChI=1S/C23H33FN4O2/c24-20-15-18(26-21-3-4-22(29)27-23(21)30)1-2-19(20)17-8-13-28(14-9-17)12-7-16-5-10-25-11-6-16/h1-2,15-17,21,25-26H,3-14H2,(H,27,29,30). The third kappa shape index (κ3) is 5.38.